The molecule has 0 bridgehead atoms. The Morgan fingerprint density at radius 3 is 2.86 bits per heavy atom. The van der Waals surface area contributed by atoms with Crippen molar-refractivity contribution >= 4 is 11.7 Å². The Bertz CT molecular complexity index is 657. The van der Waals surface area contributed by atoms with Crippen LogP contribution in [0.5, 0.6) is 0 Å². The molecule has 21 heavy (non-hydrogen) atoms. The van der Waals surface area contributed by atoms with Crippen molar-refractivity contribution in [2.45, 2.75) is 52.5 Å². The predicted molar refractivity (Wildman–Crippen MR) is 78.7 cm³/mol. The van der Waals surface area contributed by atoms with Crippen molar-refractivity contribution in [3.8, 4) is 0 Å². The van der Waals surface area contributed by atoms with E-state index in [2.05, 4.69) is 20.5 Å². The molecule has 112 valence electrons. The van der Waals surface area contributed by atoms with Crippen molar-refractivity contribution in [2.75, 3.05) is 0 Å². The molecule has 1 aliphatic carbocycles. The average Bonchev–Trinajstić information content (AvgIpc) is 3.05. The number of hydrogen-bond acceptors (Lipinski definition) is 4. The lowest BCUT2D eigenvalue weighted by atomic mass is 10.0. The number of aromatic nitrogens is 4. The molecular weight excluding hydrogens is 266 g/mol. The summed E-state index contributed by atoms with van der Waals surface area (Å²) in [4.78, 5) is 16.3. The van der Waals surface area contributed by atoms with Crippen LogP contribution in [0.2, 0.25) is 0 Å². The largest absolute Gasteiger partial charge is 0.349 e. The van der Waals surface area contributed by atoms with E-state index >= 15 is 0 Å². The van der Waals surface area contributed by atoms with E-state index in [1.807, 2.05) is 24.3 Å². The van der Waals surface area contributed by atoms with Gasteiger partial charge < -0.3 is 5.32 Å². The summed E-state index contributed by atoms with van der Waals surface area (Å²) in [6.45, 7) is 4.33. The van der Waals surface area contributed by atoms with E-state index in [1.54, 1.807) is 0 Å². The van der Waals surface area contributed by atoms with Gasteiger partial charge >= 0.3 is 0 Å². The number of rotatable bonds is 4. The van der Waals surface area contributed by atoms with Crippen molar-refractivity contribution in [3.05, 3.63) is 23.3 Å². The van der Waals surface area contributed by atoms with Crippen LogP contribution in [-0.2, 0) is 11.3 Å². The van der Waals surface area contributed by atoms with Crippen LogP contribution in [0.3, 0.4) is 0 Å². The van der Waals surface area contributed by atoms with Crippen LogP contribution in [0.25, 0.3) is 5.78 Å². The molecule has 0 radical (unpaired) electrons. The normalized spacial score (nSPS) is 15.7. The minimum absolute atomic E-state index is 0.108. The van der Waals surface area contributed by atoms with Gasteiger partial charge in [0.25, 0.3) is 5.78 Å². The van der Waals surface area contributed by atoms with Gasteiger partial charge in [0.15, 0.2) is 5.82 Å². The molecule has 0 saturated heterocycles. The maximum atomic E-state index is 12.0. The quantitative estimate of drug-likeness (QED) is 0.932. The van der Waals surface area contributed by atoms with E-state index in [0.29, 0.717) is 24.7 Å². The molecule has 0 spiro atoms. The third-order valence-electron chi connectivity index (χ3n) is 4.15. The molecule has 0 atom stereocenters. The fourth-order valence-corrected chi connectivity index (χ4v) is 3.14. The summed E-state index contributed by atoms with van der Waals surface area (Å²) in [7, 11) is 0. The van der Waals surface area contributed by atoms with Gasteiger partial charge in [-0.2, -0.15) is 0 Å². The molecule has 1 aliphatic rings. The molecule has 0 aliphatic heterocycles. The zero-order valence-corrected chi connectivity index (χ0v) is 12.6. The molecule has 1 amide bonds. The topological polar surface area (TPSA) is 72.2 Å². The third-order valence-corrected chi connectivity index (χ3v) is 4.15. The maximum absolute atomic E-state index is 12.0. The highest BCUT2D eigenvalue weighted by atomic mass is 16.1. The highest BCUT2D eigenvalue weighted by molar-refractivity contribution is 5.76. The molecular formula is C15H21N5O. The van der Waals surface area contributed by atoms with Gasteiger partial charge in [0.2, 0.25) is 5.91 Å². The Labute approximate surface area is 124 Å². The predicted octanol–water partition coefficient (Wildman–Crippen LogP) is 1.94. The number of carbonyl (C=O) groups excluding carboxylic acids is 1. The molecule has 1 fully saturated rings. The number of amides is 1. The van der Waals surface area contributed by atoms with E-state index < -0.39 is 0 Å². The summed E-state index contributed by atoms with van der Waals surface area (Å²) in [5.74, 6) is 1.99. The van der Waals surface area contributed by atoms with Gasteiger partial charge in [-0.25, -0.2) is 4.98 Å². The summed E-state index contributed by atoms with van der Waals surface area (Å²) >= 11 is 0. The molecule has 2 heterocycles. The fraction of sp³-hybridized carbons (Fsp3) is 0.600. The Morgan fingerprint density at radius 1 is 1.33 bits per heavy atom. The van der Waals surface area contributed by atoms with Crippen LogP contribution < -0.4 is 5.32 Å². The smallest absolute Gasteiger partial charge is 0.255 e. The number of nitrogens with zero attached hydrogens (tertiary/aromatic N) is 4. The van der Waals surface area contributed by atoms with Crippen molar-refractivity contribution in [3.63, 3.8) is 0 Å². The second-order valence-electron chi connectivity index (χ2n) is 5.92. The first-order chi connectivity index (χ1) is 10.1. The summed E-state index contributed by atoms with van der Waals surface area (Å²) in [5.41, 5.74) is 1.95. The number of fused-ring (bicyclic) bond motifs is 1. The van der Waals surface area contributed by atoms with E-state index in [4.69, 9.17) is 0 Å². The van der Waals surface area contributed by atoms with Gasteiger partial charge in [-0.15, -0.1) is 10.2 Å². The minimum Gasteiger partial charge on any atom is -0.349 e. The molecule has 1 N–H and O–H groups in total. The Balaban J connectivity index is 1.66. The van der Waals surface area contributed by atoms with Gasteiger partial charge in [0, 0.05) is 17.8 Å². The number of carbonyl (C=O) groups is 1. The van der Waals surface area contributed by atoms with Crippen molar-refractivity contribution in [2.24, 2.45) is 5.92 Å². The van der Waals surface area contributed by atoms with Gasteiger partial charge in [-0.05, 0) is 38.7 Å². The fourth-order valence-electron chi connectivity index (χ4n) is 3.14. The Kier molecular flexibility index (Phi) is 3.86. The molecule has 1 saturated carbocycles. The summed E-state index contributed by atoms with van der Waals surface area (Å²) < 4.78 is 1.89. The van der Waals surface area contributed by atoms with Crippen LogP contribution in [0, 0.1) is 19.8 Å². The van der Waals surface area contributed by atoms with E-state index in [1.165, 1.54) is 25.7 Å². The van der Waals surface area contributed by atoms with Crippen LogP contribution in [0.1, 0.15) is 49.3 Å². The lowest BCUT2D eigenvalue weighted by Gasteiger charge is -2.09. The Morgan fingerprint density at radius 2 is 2.10 bits per heavy atom. The van der Waals surface area contributed by atoms with E-state index in [0.717, 1.165) is 17.2 Å². The van der Waals surface area contributed by atoms with Crippen molar-refractivity contribution in [1.29, 1.82) is 0 Å². The minimum atomic E-state index is 0.108. The zero-order chi connectivity index (χ0) is 14.8. The molecule has 6 heteroatoms. The summed E-state index contributed by atoms with van der Waals surface area (Å²) in [5, 5.41) is 11.2. The highest BCUT2D eigenvalue weighted by Gasteiger charge is 2.18. The number of hydrogen-bond donors (Lipinski definition) is 1. The zero-order valence-electron chi connectivity index (χ0n) is 12.6. The second kappa shape index (κ2) is 5.79. The van der Waals surface area contributed by atoms with Gasteiger partial charge in [0.05, 0.1) is 6.54 Å². The SMILES string of the molecule is Cc1cc(C)n2c(CNC(=O)CC3CCCC3)nnc2n1. The summed E-state index contributed by atoms with van der Waals surface area (Å²) in [6, 6.07) is 1.99. The van der Waals surface area contributed by atoms with Crippen molar-refractivity contribution in [1.82, 2.24) is 24.9 Å². The first kappa shape index (κ1) is 14.0. The van der Waals surface area contributed by atoms with Gasteiger partial charge in [-0.1, -0.05) is 12.8 Å². The lowest BCUT2D eigenvalue weighted by Crippen LogP contribution is -2.25. The molecule has 0 unspecified atom stereocenters. The molecule has 3 rings (SSSR count). The molecule has 2 aromatic rings. The van der Waals surface area contributed by atoms with Crippen LogP contribution in [0.15, 0.2) is 6.07 Å². The van der Waals surface area contributed by atoms with Crippen molar-refractivity contribution < 1.29 is 4.79 Å². The number of aryl methyl sites for hydroxylation is 2. The lowest BCUT2D eigenvalue weighted by molar-refractivity contribution is -0.122. The van der Waals surface area contributed by atoms with E-state index in [9.17, 15) is 4.79 Å². The molecule has 0 aromatic carbocycles. The first-order valence-electron chi connectivity index (χ1n) is 7.58. The summed E-state index contributed by atoms with van der Waals surface area (Å²) in [6.07, 6.45) is 5.52. The van der Waals surface area contributed by atoms with Gasteiger partial charge in [-0.3, -0.25) is 9.20 Å². The van der Waals surface area contributed by atoms with E-state index in [-0.39, 0.29) is 5.91 Å². The number of nitrogens with one attached hydrogen (secondary N) is 1. The standard InChI is InChI=1S/C15H21N5O/c1-10-7-11(2)20-13(18-19-15(20)17-10)9-16-14(21)8-12-5-3-4-6-12/h7,12H,3-6,8-9H2,1-2H3,(H,16,21). The second-order valence-corrected chi connectivity index (χ2v) is 5.92. The monoisotopic (exact) mass is 287 g/mol. The average molecular weight is 287 g/mol. The molecule has 2 aromatic heterocycles. The third kappa shape index (κ3) is 3.04. The first-order valence-corrected chi connectivity index (χ1v) is 7.58. The Hall–Kier alpha value is -1.98. The van der Waals surface area contributed by atoms with Gasteiger partial charge in [0.1, 0.15) is 0 Å². The van der Waals surface area contributed by atoms with Crippen LogP contribution in [-0.4, -0.2) is 25.5 Å². The van der Waals surface area contributed by atoms with Crippen LogP contribution in [0.4, 0.5) is 0 Å². The molecule has 6 nitrogen and oxygen atoms in total. The highest BCUT2D eigenvalue weighted by Crippen LogP contribution is 2.27. The van der Waals surface area contributed by atoms with Crippen LogP contribution >= 0.6 is 0 Å². The maximum Gasteiger partial charge on any atom is 0.255 e.